The lowest BCUT2D eigenvalue weighted by atomic mass is 10.00. The highest BCUT2D eigenvalue weighted by Gasteiger charge is 2.18. The van der Waals surface area contributed by atoms with Crippen molar-refractivity contribution in [3.63, 3.8) is 0 Å². The summed E-state index contributed by atoms with van der Waals surface area (Å²) < 4.78 is 0. The molecule has 0 saturated carbocycles. The van der Waals surface area contributed by atoms with Gasteiger partial charge in [-0.1, -0.05) is 37.3 Å². The molecule has 0 bridgehead atoms. The van der Waals surface area contributed by atoms with Crippen molar-refractivity contribution in [1.82, 2.24) is 9.80 Å². The minimum atomic E-state index is 0. The van der Waals surface area contributed by atoms with Gasteiger partial charge in [-0.3, -0.25) is 4.99 Å². The fraction of sp³-hybridized carbons (Fsp3) is 0.588. The highest BCUT2D eigenvalue weighted by atomic mass is 127. The summed E-state index contributed by atoms with van der Waals surface area (Å²) in [6.07, 6.45) is 2.43. The summed E-state index contributed by atoms with van der Waals surface area (Å²) in [6, 6.07) is 10.8. The Morgan fingerprint density at radius 3 is 2.41 bits per heavy atom. The molecule has 0 amide bonds. The molecule has 1 saturated heterocycles. The second kappa shape index (κ2) is 9.35. The summed E-state index contributed by atoms with van der Waals surface area (Å²) in [4.78, 5) is 9.07. The van der Waals surface area contributed by atoms with Crippen LogP contribution in [0.2, 0.25) is 0 Å². The van der Waals surface area contributed by atoms with Crippen molar-refractivity contribution in [2.24, 2.45) is 16.6 Å². The Morgan fingerprint density at radius 2 is 1.86 bits per heavy atom. The summed E-state index contributed by atoms with van der Waals surface area (Å²) in [5, 5.41) is 0. The van der Waals surface area contributed by atoms with E-state index in [9.17, 15) is 0 Å². The van der Waals surface area contributed by atoms with Gasteiger partial charge in [0, 0.05) is 13.1 Å². The Hall–Kier alpha value is -0.820. The lowest BCUT2D eigenvalue weighted by Crippen LogP contribution is -2.43. The van der Waals surface area contributed by atoms with Crippen LogP contribution >= 0.6 is 24.0 Å². The molecule has 124 valence electrons. The zero-order valence-electron chi connectivity index (χ0n) is 13.9. The number of hydrogen-bond acceptors (Lipinski definition) is 2. The first kappa shape index (κ1) is 19.2. The SMILES string of the molecule is CC1CCN(C(N)=NCC(c2ccccc2)N(C)C)CC1.I. The summed E-state index contributed by atoms with van der Waals surface area (Å²) in [6.45, 7) is 5.08. The molecular formula is C17H29IN4. The molecule has 1 heterocycles. The van der Waals surface area contributed by atoms with Crippen LogP contribution in [0.5, 0.6) is 0 Å². The summed E-state index contributed by atoms with van der Waals surface area (Å²) in [7, 11) is 4.18. The Bertz CT molecular complexity index is 453. The van der Waals surface area contributed by atoms with E-state index < -0.39 is 0 Å². The lowest BCUT2D eigenvalue weighted by Gasteiger charge is -2.31. The molecule has 0 aromatic heterocycles. The number of benzene rings is 1. The van der Waals surface area contributed by atoms with E-state index in [1.54, 1.807) is 0 Å². The van der Waals surface area contributed by atoms with Crippen molar-refractivity contribution in [2.75, 3.05) is 33.7 Å². The average Bonchev–Trinajstić information content (AvgIpc) is 2.48. The largest absolute Gasteiger partial charge is 0.370 e. The number of likely N-dealkylation sites (N-methyl/N-ethyl adjacent to an activating group) is 1. The third kappa shape index (κ3) is 5.43. The number of nitrogens with zero attached hydrogens (tertiary/aromatic N) is 3. The maximum Gasteiger partial charge on any atom is 0.191 e. The quantitative estimate of drug-likeness (QED) is 0.467. The van der Waals surface area contributed by atoms with Crippen molar-refractivity contribution < 1.29 is 0 Å². The van der Waals surface area contributed by atoms with Gasteiger partial charge in [-0.25, -0.2) is 0 Å². The summed E-state index contributed by atoms with van der Waals surface area (Å²) >= 11 is 0. The topological polar surface area (TPSA) is 44.9 Å². The number of piperidine rings is 1. The first-order valence-corrected chi connectivity index (χ1v) is 7.84. The van der Waals surface area contributed by atoms with Crippen LogP contribution in [0, 0.1) is 5.92 Å². The van der Waals surface area contributed by atoms with Gasteiger partial charge in [0.05, 0.1) is 12.6 Å². The van der Waals surface area contributed by atoms with Crippen molar-refractivity contribution in [1.29, 1.82) is 0 Å². The molecule has 1 aliphatic rings. The Balaban J connectivity index is 0.00000242. The predicted molar refractivity (Wildman–Crippen MR) is 105 cm³/mol. The average molecular weight is 416 g/mol. The van der Waals surface area contributed by atoms with Gasteiger partial charge in [0.2, 0.25) is 0 Å². The number of likely N-dealkylation sites (tertiary alicyclic amines) is 1. The normalized spacial score (nSPS) is 18.2. The highest BCUT2D eigenvalue weighted by Crippen LogP contribution is 2.19. The third-order valence-corrected chi connectivity index (χ3v) is 4.34. The Kier molecular flexibility index (Phi) is 8.17. The molecule has 0 spiro atoms. The van der Waals surface area contributed by atoms with Gasteiger partial charge in [0.1, 0.15) is 0 Å². The maximum atomic E-state index is 6.18. The van der Waals surface area contributed by atoms with Crippen molar-refractivity contribution >= 4 is 29.9 Å². The second-order valence-electron chi connectivity index (χ2n) is 6.26. The Morgan fingerprint density at radius 1 is 1.27 bits per heavy atom. The number of nitrogens with two attached hydrogens (primary N) is 1. The van der Waals surface area contributed by atoms with Crippen molar-refractivity contribution in [3.8, 4) is 0 Å². The molecular weight excluding hydrogens is 387 g/mol. The van der Waals surface area contributed by atoms with Crippen LogP contribution in [-0.2, 0) is 0 Å². The monoisotopic (exact) mass is 416 g/mol. The molecule has 2 N–H and O–H groups in total. The minimum absolute atomic E-state index is 0. The van der Waals surface area contributed by atoms with Gasteiger partial charge >= 0.3 is 0 Å². The van der Waals surface area contributed by atoms with E-state index in [0.29, 0.717) is 12.5 Å². The van der Waals surface area contributed by atoms with E-state index in [2.05, 4.69) is 60.1 Å². The molecule has 1 aromatic rings. The van der Waals surface area contributed by atoms with E-state index in [1.807, 2.05) is 6.07 Å². The van der Waals surface area contributed by atoms with Gasteiger partial charge in [-0.2, -0.15) is 0 Å². The molecule has 22 heavy (non-hydrogen) atoms. The first-order valence-electron chi connectivity index (χ1n) is 7.84. The van der Waals surface area contributed by atoms with E-state index >= 15 is 0 Å². The second-order valence-corrected chi connectivity index (χ2v) is 6.26. The molecule has 1 fully saturated rings. The van der Waals surface area contributed by atoms with Gasteiger partial charge < -0.3 is 15.5 Å². The summed E-state index contributed by atoms with van der Waals surface area (Å²) in [5.74, 6) is 1.51. The molecule has 4 nitrogen and oxygen atoms in total. The van der Waals surface area contributed by atoms with Crippen LogP contribution in [0.25, 0.3) is 0 Å². The molecule has 1 unspecified atom stereocenters. The van der Waals surface area contributed by atoms with Crippen LogP contribution in [0.1, 0.15) is 31.4 Å². The fourth-order valence-corrected chi connectivity index (χ4v) is 2.76. The predicted octanol–water partition coefficient (Wildman–Crippen LogP) is 2.95. The molecule has 0 aliphatic carbocycles. The number of halogens is 1. The van der Waals surface area contributed by atoms with Crippen LogP contribution in [0.4, 0.5) is 0 Å². The molecule has 5 heteroatoms. The van der Waals surface area contributed by atoms with Crippen LogP contribution in [-0.4, -0.2) is 49.5 Å². The zero-order valence-corrected chi connectivity index (χ0v) is 16.2. The van der Waals surface area contributed by atoms with Crippen LogP contribution in [0.3, 0.4) is 0 Å². The molecule has 0 radical (unpaired) electrons. The molecule has 1 atom stereocenters. The standard InChI is InChI=1S/C17H28N4.HI/c1-14-9-11-21(12-10-14)17(18)19-13-16(20(2)3)15-7-5-4-6-8-15;/h4-8,14,16H,9-13H2,1-3H3,(H2,18,19);1H. The van der Waals surface area contributed by atoms with Gasteiger partial charge in [0.15, 0.2) is 5.96 Å². The van der Waals surface area contributed by atoms with E-state index in [1.165, 1.54) is 18.4 Å². The van der Waals surface area contributed by atoms with E-state index in [-0.39, 0.29) is 30.0 Å². The molecule has 1 aliphatic heterocycles. The first-order chi connectivity index (χ1) is 10.1. The highest BCUT2D eigenvalue weighted by molar-refractivity contribution is 14.0. The molecule has 1 aromatic carbocycles. The van der Waals surface area contributed by atoms with Crippen LogP contribution < -0.4 is 5.73 Å². The zero-order chi connectivity index (χ0) is 15.2. The smallest absolute Gasteiger partial charge is 0.191 e. The third-order valence-electron chi connectivity index (χ3n) is 4.34. The molecule has 2 rings (SSSR count). The van der Waals surface area contributed by atoms with Gasteiger partial charge in [-0.05, 0) is 38.4 Å². The van der Waals surface area contributed by atoms with E-state index in [0.717, 1.165) is 19.0 Å². The minimum Gasteiger partial charge on any atom is -0.370 e. The van der Waals surface area contributed by atoms with Crippen LogP contribution in [0.15, 0.2) is 35.3 Å². The van der Waals surface area contributed by atoms with Crippen molar-refractivity contribution in [2.45, 2.75) is 25.8 Å². The van der Waals surface area contributed by atoms with Gasteiger partial charge in [0.25, 0.3) is 0 Å². The summed E-state index contributed by atoms with van der Waals surface area (Å²) in [5.41, 5.74) is 7.46. The number of aliphatic imine (C=N–C) groups is 1. The maximum absolute atomic E-state index is 6.18. The number of guanidine groups is 1. The van der Waals surface area contributed by atoms with Gasteiger partial charge in [-0.15, -0.1) is 24.0 Å². The number of hydrogen-bond donors (Lipinski definition) is 1. The van der Waals surface area contributed by atoms with E-state index in [4.69, 9.17) is 5.73 Å². The lowest BCUT2D eigenvalue weighted by molar-refractivity contribution is 0.274. The van der Waals surface area contributed by atoms with Crippen molar-refractivity contribution in [3.05, 3.63) is 35.9 Å². The Labute approximate surface area is 151 Å². The fourth-order valence-electron chi connectivity index (χ4n) is 2.76. The number of rotatable bonds is 4.